The number of para-hydroxylation sites is 1. The smallest absolute Gasteiger partial charge is 0.277 e. The van der Waals surface area contributed by atoms with Crippen molar-refractivity contribution in [3.8, 4) is 0 Å². The largest absolute Gasteiger partial charge is 0.320 e. The number of nitrogens with zero attached hydrogens (tertiary/aromatic N) is 2. The summed E-state index contributed by atoms with van der Waals surface area (Å²) in [5.74, 6) is 0.507. The van der Waals surface area contributed by atoms with Crippen molar-refractivity contribution in [1.82, 2.24) is 15.4 Å². The number of anilines is 1. The Morgan fingerprint density at radius 3 is 3.06 bits per heavy atom. The number of thioether (sulfide) groups is 1. The molecule has 1 amide bonds. The zero-order valence-corrected chi connectivity index (χ0v) is 10.4. The molecule has 0 fully saturated rings. The molecule has 0 spiro atoms. The summed E-state index contributed by atoms with van der Waals surface area (Å²) in [6.07, 6.45) is 3.20. The summed E-state index contributed by atoms with van der Waals surface area (Å²) in [6.45, 7) is 3.68. The van der Waals surface area contributed by atoms with E-state index in [0.29, 0.717) is 0 Å². The van der Waals surface area contributed by atoms with Gasteiger partial charge >= 0.3 is 0 Å². The Morgan fingerprint density at radius 1 is 1.50 bits per heavy atom. The van der Waals surface area contributed by atoms with E-state index in [1.54, 1.807) is 11.8 Å². The van der Waals surface area contributed by atoms with Gasteiger partial charge < -0.3 is 5.32 Å². The van der Waals surface area contributed by atoms with Gasteiger partial charge in [-0.2, -0.15) is 15.4 Å². The third-order valence-electron chi connectivity index (χ3n) is 2.14. The predicted molar refractivity (Wildman–Crippen MR) is 71.7 cm³/mol. The average Bonchev–Trinajstić information content (AvgIpc) is 2.91. The van der Waals surface area contributed by atoms with Gasteiger partial charge in [0.1, 0.15) is 0 Å². The van der Waals surface area contributed by atoms with Gasteiger partial charge in [0.2, 0.25) is 0 Å². The van der Waals surface area contributed by atoms with Crippen molar-refractivity contribution in [2.45, 2.75) is 4.90 Å². The van der Waals surface area contributed by atoms with Crippen LogP contribution in [0.2, 0.25) is 0 Å². The summed E-state index contributed by atoms with van der Waals surface area (Å²) in [7, 11) is 0. The minimum Gasteiger partial charge on any atom is -0.320 e. The Morgan fingerprint density at radius 2 is 2.33 bits per heavy atom. The number of hydrogen-bond donors (Lipinski definition) is 2. The summed E-state index contributed by atoms with van der Waals surface area (Å²) < 4.78 is 0. The minimum atomic E-state index is -0.282. The molecule has 2 aromatic rings. The number of H-pyrrole nitrogens is 1. The van der Waals surface area contributed by atoms with Crippen LogP contribution in [0.25, 0.3) is 0 Å². The maximum atomic E-state index is 11.8. The van der Waals surface area contributed by atoms with Gasteiger partial charge in [0.15, 0.2) is 5.69 Å². The van der Waals surface area contributed by atoms with Crippen LogP contribution >= 0.6 is 11.8 Å². The highest BCUT2D eigenvalue weighted by Gasteiger charge is 2.10. The molecule has 0 atom stereocenters. The van der Waals surface area contributed by atoms with Crippen LogP contribution in [0.1, 0.15) is 10.5 Å². The summed E-state index contributed by atoms with van der Waals surface area (Å²) in [5, 5.41) is 12.5. The van der Waals surface area contributed by atoms with E-state index in [1.807, 2.05) is 30.3 Å². The lowest BCUT2D eigenvalue weighted by atomic mass is 10.3. The van der Waals surface area contributed by atoms with E-state index in [2.05, 4.69) is 27.3 Å². The molecule has 0 saturated heterocycles. The zero-order chi connectivity index (χ0) is 12.8. The fourth-order valence-electron chi connectivity index (χ4n) is 1.34. The first-order valence-corrected chi connectivity index (χ1v) is 6.29. The zero-order valence-electron chi connectivity index (χ0n) is 9.59. The van der Waals surface area contributed by atoms with E-state index >= 15 is 0 Å². The van der Waals surface area contributed by atoms with Crippen molar-refractivity contribution in [2.24, 2.45) is 0 Å². The average molecular weight is 260 g/mol. The van der Waals surface area contributed by atoms with Crippen molar-refractivity contribution in [3.05, 3.63) is 48.8 Å². The summed E-state index contributed by atoms with van der Waals surface area (Å²) >= 11 is 1.61. The summed E-state index contributed by atoms with van der Waals surface area (Å²) in [5.41, 5.74) is 1.02. The minimum absolute atomic E-state index is 0.263. The first-order chi connectivity index (χ1) is 8.81. The molecule has 2 N–H and O–H groups in total. The molecule has 0 radical (unpaired) electrons. The van der Waals surface area contributed by atoms with Crippen LogP contribution in [0.4, 0.5) is 5.69 Å². The maximum absolute atomic E-state index is 11.8. The second-order valence-electron chi connectivity index (χ2n) is 3.41. The first kappa shape index (κ1) is 12.4. The molecule has 1 aromatic heterocycles. The van der Waals surface area contributed by atoms with E-state index in [4.69, 9.17) is 0 Å². The molecule has 5 nitrogen and oxygen atoms in total. The molecule has 0 aliphatic carbocycles. The van der Waals surface area contributed by atoms with E-state index < -0.39 is 0 Å². The molecular weight excluding hydrogens is 248 g/mol. The molecule has 18 heavy (non-hydrogen) atoms. The second-order valence-corrected chi connectivity index (χ2v) is 4.47. The second kappa shape index (κ2) is 6.02. The Kier molecular flexibility index (Phi) is 4.14. The number of hydrogen-bond acceptors (Lipinski definition) is 4. The Bertz CT molecular complexity index is 539. The van der Waals surface area contributed by atoms with Crippen LogP contribution in [-0.4, -0.2) is 27.1 Å². The highest BCUT2D eigenvalue weighted by atomic mass is 32.2. The maximum Gasteiger partial charge on any atom is 0.277 e. The van der Waals surface area contributed by atoms with Crippen LogP contribution in [0.15, 0.2) is 48.0 Å². The number of nitrogens with one attached hydrogen (secondary N) is 2. The lowest BCUT2D eigenvalue weighted by Gasteiger charge is -2.08. The van der Waals surface area contributed by atoms with Crippen LogP contribution in [0, 0.1) is 0 Å². The molecule has 1 aromatic carbocycles. The monoisotopic (exact) mass is 260 g/mol. The number of aromatic nitrogens is 3. The first-order valence-electron chi connectivity index (χ1n) is 5.31. The molecule has 0 unspecified atom stereocenters. The van der Waals surface area contributed by atoms with E-state index in [9.17, 15) is 4.79 Å². The van der Waals surface area contributed by atoms with Gasteiger partial charge in [-0.1, -0.05) is 18.2 Å². The molecule has 2 rings (SSSR count). The SMILES string of the molecule is C=CCSc1ccccc1NC(=O)c1cn[nH]n1. The van der Waals surface area contributed by atoms with Crippen molar-refractivity contribution in [1.29, 1.82) is 0 Å². The van der Waals surface area contributed by atoms with Crippen molar-refractivity contribution in [2.75, 3.05) is 11.1 Å². The standard InChI is InChI=1S/C12H12N4OS/c1-2-7-18-11-6-4-3-5-9(11)14-12(17)10-8-13-16-15-10/h2-6,8H,1,7H2,(H,14,17)(H,13,15,16). The number of aromatic amines is 1. The number of amides is 1. The molecule has 6 heteroatoms. The topological polar surface area (TPSA) is 70.7 Å². The molecule has 0 saturated carbocycles. The van der Waals surface area contributed by atoms with E-state index in [-0.39, 0.29) is 11.6 Å². The van der Waals surface area contributed by atoms with Crippen molar-refractivity contribution in [3.63, 3.8) is 0 Å². The van der Waals surface area contributed by atoms with Gasteiger partial charge in [0.05, 0.1) is 11.9 Å². The van der Waals surface area contributed by atoms with E-state index in [0.717, 1.165) is 16.3 Å². The highest BCUT2D eigenvalue weighted by molar-refractivity contribution is 7.99. The van der Waals surface area contributed by atoms with E-state index in [1.165, 1.54) is 6.20 Å². The van der Waals surface area contributed by atoms with Crippen molar-refractivity contribution < 1.29 is 4.79 Å². The highest BCUT2D eigenvalue weighted by Crippen LogP contribution is 2.27. The molecule has 0 aliphatic rings. The predicted octanol–water partition coefficient (Wildman–Crippen LogP) is 2.34. The molecule has 0 bridgehead atoms. The van der Waals surface area contributed by atoms with Crippen LogP contribution in [0.3, 0.4) is 0 Å². The van der Waals surface area contributed by atoms with Gasteiger partial charge in [-0.05, 0) is 12.1 Å². The number of benzene rings is 1. The Hall–Kier alpha value is -2.08. The third kappa shape index (κ3) is 2.98. The van der Waals surface area contributed by atoms with Gasteiger partial charge in [0, 0.05) is 10.6 Å². The molecule has 1 heterocycles. The Balaban J connectivity index is 2.13. The van der Waals surface area contributed by atoms with Gasteiger partial charge in [0.25, 0.3) is 5.91 Å². The number of carbonyl (C=O) groups excluding carboxylic acids is 1. The fourth-order valence-corrected chi connectivity index (χ4v) is 2.09. The number of carbonyl (C=O) groups is 1. The summed E-state index contributed by atoms with van der Waals surface area (Å²) in [6, 6.07) is 7.60. The molecule has 92 valence electrons. The third-order valence-corrected chi connectivity index (χ3v) is 3.21. The van der Waals surface area contributed by atoms with Gasteiger partial charge in [-0.15, -0.1) is 18.3 Å². The fraction of sp³-hybridized carbons (Fsp3) is 0.0833. The lowest BCUT2D eigenvalue weighted by Crippen LogP contribution is -2.13. The van der Waals surface area contributed by atoms with Gasteiger partial charge in [-0.3, -0.25) is 4.79 Å². The number of rotatable bonds is 5. The van der Waals surface area contributed by atoms with Crippen LogP contribution < -0.4 is 5.32 Å². The summed E-state index contributed by atoms with van der Waals surface area (Å²) in [4.78, 5) is 12.8. The van der Waals surface area contributed by atoms with Crippen molar-refractivity contribution >= 4 is 23.4 Å². The molecule has 0 aliphatic heterocycles. The lowest BCUT2D eigenvalue weighted by molar-refractivity contribution is 0.102. The Labute approximate surface area is 109 Å². The van der Waals surface area contributed by atoms with Crippen LogP contribution in [0.5, 0.6) is 0 Å². The normalized spacial score (nSPS) is 10.0. The van der Waals surface area contributed by atoms with Crippen LogP contribution in [-0.2, 0) is 0 Å². The molecular formula is C12H12N4OS. The van der Waals surface area contributed by atoms with Gasteiger partial charge in [-0.25, -0.2) is 0 Å². The quantitative estimate of drug-likeness (QED) is 0.639.